The van der Waals surface area contributed by atoms with Crippen LogP contribution in [0.4, 0.5) is 0 Å². The second kappa shape index (κ2) is 7.26. The summed E-state index contributed by atoms with van der Waals surface area (Å²) >= 11 is 0. The van der Waals surface area contributed by atoms with Crippen LogP contribution in [0.1, 0.15) is 42.7 Å². The average molecular weight is 316 g/mol. The Morgan fingerprint density at radius 3 is 2.43 bits per heavy atom. The summed E-state index contributed by atoms with van der Waals surface area (Å²) in [5.74, 6) is 2.07. The highest BCUT2D eigenvalue weighted by Crippen LogP contribution is 2.22. The number of aromatic nitrogens is 3. The van der Waals surface area contributed by atoms with E-state index in [9.17, 15) is 4.79 Å². The van der Waals surface area contributed by atoms with Crippen LogP contribution in [0, 0.1) is 26.7 Å². The molecular weight excluding hydrogens is 292 g/mol. The molecule has 0 bridgehead atoms. The highest BCUT2D eigenvalue weighted by molar-refractivity contribution is 5.78. The predicted molar refractivity (Wildman–Crippen MR) is 88.3 cm³/mol. The Balaban J connectivity index is 2.00. The van der Waals surface area contributed by atoms with Gasteiger partial charge in [0.25, 0.3) is 5.91 Å². The van der Waals surface area contributed by atoms with Crippen LogP contribution in [0.15, 0.2) is 18.2 Å². The van der Waals surface area contributed by atoms with Crippen molar-refractivity contribution in [3.05, 3.63) is 41.0 Å². The summed E-state index contributed by atoms with van der Waals surface area (Å²) in [6.07, 6.45) is 0. The number of benzene rings is 1. The van der Waals surface area contributed by atoms with E-state index in [1.165, 1.54) is 0 Å². The lowest BCUT2D eigenvalue weighted by molar-refractivity contribution is -0.124. The lowest BCUT2D eigenvalue weighted by Crippen LogP contribution is -2.35. The highest BCUT2D eigenvalue weighted by Gasteiger charge is 2.22. The van der Waals surface area contributed by atoms with Crippen LogP contribution in [0.25, 0.3) is 0 Å². The molecule has 6 heteroatoms. The summed E-state index contributed by atoms with van der Waals surface area (Å²) in [7, 11) is 0. The van der Waals surface area contributed by atoms with Crippen LogP contribution in [-0.2, 0) is 4.79 Å². The third kappa shape index (κ3) is 4.31. The number of nitrogens with zero attached hydrogens (tertiary/aromatic N) is 2. The average Bonchev–Trinajstić information content (AvgIpc) is 2.90. The van der Waals surface area contributed by atoms with Gasteiger partial charge in [-0.2, -0.15) is 5.10 Å². The quantitative estimate of drug-likeness (QED) is 0.858. The van der Waals surface area contributed by atoms with Gasteiger partial charge in [0, 0.05) is 0 Å². The predicted octanol–water partition coefficient (Wildman–Crippen LogP) is 2.62. The van der Waals surface area contributed by atoms with E-state index in [0.29, 0.717) is 5.82 Å². The van der Waals surface area contributed by atoms with Gasteiger partial charge in [-0.1, -0.05) is 32.0 Å². The number of aryl methyl sites for hydroxylation is 3. The lowest BCUT2D eigenvalue weighted by atomic mass is 10.0. The third-order valence-electron chi connectivity index (χ3n) is 3.63. The molecule has 0 saturated carbocycles. The fraction of sp³-hybridized carbons (Fsp3) is 0.471. The van der Waals surface area contributed by atoms with E-state index in [4.69, 9.17) is 4.74 Å². The van der Waals surface area contributed by atoms with E-state index < -0.39 is 0 Å². The van der Waals surface area contributed by atoms with E-state index in [0.717, 1.165) is 22.7 Å². The SMILES string of the molecule is Cc1nc(C(NC(=O)COc2c(C)cccc2C)C(C)C)n[nH]1. The molecule has 1 atom stereocenters. The monoisotopic (exact) mass is 316 g/mol. The molecule has 1 aromatic heterocycles. The van der Waals surface area contributed by atoms with Gasteiger partial charge >= 0.3 is 0 Å². The van der Waals surface area contributed by atoms with Gasteiger partial charge in [-0.3, -0.25) is 9.89 Å². The molecule has 0 aliphatic carbocycles. The molecule has 0 spiro atoms. The van der Waals surface area contributed by atoms with Gasteiger partial charge in [0.2, 0.25) is 0 Å². The molecule has 0 radical (unpaired) electrons. The number of hydrogen-bond acceptors (Lipinski definition) is 4. The molecular formula is C17H24N4O2. The molecule has 124 valence electrons. The largest absolute Gasteiger partial charge is 0.483 e. The first-order valence-electron chi connectivity index (χ1n) is 7.75. The van der Waals surface area contributed by atoms with E-state index in [1.54, 1.807) is 0 Å². The fourth-order valence-electron chi connectivity index (χ4n) is 2.41. The summed E-state index contributed by atoms with van der Waals surface area (Å²) in [6.45, 7) is 9.77. The van der Waals surface area contributed by atoms with Gasteiger partial charge in [-0.25, -0.2) is 4.98 Å². The van der Waals surface area contributed by atoms with Crippen molar-refractivity contribution < 1.29 is 9.53 Å². The Hall–Kier alpha value is -2.37. The number of carbonyl (C=O) groups excluding carboxylic acids is 1. The first kappa shape index (κ1) is 17.0. The molecule has 1 amide bonds. The second-order valence-electron chi connectivity index (χ2n) is 6.08. The first-order chi connectivity index (χ1) is 10.9. The number of amides is 1. The molecule has 1 heterocycles. The van der Waals surface area contributed by atoms with Crippen molar-refractivity contribution in [2.75, 3.05) is 6.61 Å². The zero-order valence-corrected chi connectivity index (χ0v) is 14.3. The number of aromatic amines is 1. The normalized spacial score (nSPS) is 12.3. The number of para-hydroxylation sites is 1. The Kier molecular flexibility index (Phi) is 5.36. The number of hydrogen-bond donors (Lipinski definition) is 2. The van der Waals surface area contributed by atoms with Crippen molar-refractivity contribution in [2.24, 2.45) is 5.92 Å². The van der Waals surface area contributed by atoms with Gasteiger partial charge in [-0.05, 0) is 37.8 Å². The molecule has 0 saturated heterocycles. The lowest BCUT2D eigenvalue weighted by Gasteiger charge is -2.20. The van der Waals surface area contributed by atoms with E-state index in [1.807, 2.05) is 52.8 Å². The van der Waals surface area contributed by atoms with Crippen molar-refractivity contribution in [2.45, 2.75) is 40.7 Å². The van der Waals surface area contributed by atoms with Crippen LogP contribution in [0.5, 0.6) is 5.75 Å². The maximum atomic E-state index is 12.2. The fourth-order valence-corrected chi connectivity index (χ4v) is 2.41. The van der Waals surface area contributed by atoms with Crippen LogP contribution < -0.4 is 10.1 Å². The summed E-state index contributed by atoms with van der Waals surface area (Å²) < 4.78 is 5.69. The van der Waals surface area contributed by atoms with E-state index >= 15 is 0 Å². The highest BCUT2D eigenvalue weighted by atomic mass is 16.5. The number of carbonyl (C=O) groups is 1. The van der Waals surface area contributed by atoms with Crippen molar-refractivity contribution in [3.8, 4) is 5.75 Å². The summed E-state index contributed by atoms with van der Waals surface area (Å²) in [5.41, 5.74) is 2.03. The maximum absolute atomic E-state index is 12.2. The van der Waals surface area contributed by atoms with E-state index in [2.05, 4.69) is 20.5 Å². The molecule has 0 aliphatic heterocycles. The van der Waals surface area contributed by atoms with Crippen molar-refractivity contribution in [1.82, 2.24) is 20.5 Å². The molecule has 1 aromatic carbocycles. The van der Waals surface area contributed by atoms with Crippen LogP contribution >= 0.6 is 0 Å². The molecule has 6 nitrogen and oxygen atoms in total. The zero-order chi connectivity index (χ0) is 17.0. The molecule has 1 unspecified atom stereocenters. The number of ether oxygens (including phenoxy) is 1. The van der Waals surface area contributed by atoms with Crippen LogP contribution in [-0.4, -0.2) is 27.7 Å². The van der Waals surface area contributed by atoms with Crippen molar-refractivity contribution in [1.29, 1.82) is 0 Å². The third-order valence-corrected chi connectivity index (χ3v) is 3.63. The topological polar surface area (TPSA) is 79.9 Å². The number of nitrogens with one attached hydrogen (secondary N) is 2. The van der Waals surface area contributed by atoms with Crippen LogP contribution in [0.3, 0.4) is 0 Å². The molecule has 0 fully saturated rings. The Labute approximate surface area is 136 Å². The van der Waals surface area contributed by atoms with Crippen LogP contribution in [0.2, 0.25) is 0 Å². The first-order valence-corrected chi connectivity index (χ1v) is 7.75. The Bertz CT molecular complexity index is 659. The summed E-state index contributed by atoms with van der Waals surface area (Å²) in [6, 6.07) is 5.66. The van der Waals surface area contributed by atoms with Gasteiger partial charge in [0.15, 0.2) is 12.4 Å². The van der Waals surface area contributed by atoms with Gasteiger partial charge in [0.1, 0.15) is 11.6 Å². The second-order valence-corrected chi connectivity index (χ2v) is 6.08. The summed E-state index contributed by atoms with van der Waals surface area (Å²) in [4.78, 5) is 16.5. The Morgan fingerprint density at radius 2 is 1.91 bits per heavy atom. The van der Waals surface area contributed by atoms with Gasteiger partial charge in [-0.15, -0.1) is 0 Å². The Morgan fingerprint density at radius 1 is 1.26 bits per heavy atom. The van der Waals surface area contributed by atoms with Gasteiger partial charge < -0.3 is 10.1 Å². The zero-order valence-electron chi connectivity index (χ0n) is 14.3. The standard InChI is InChI=1S/C17H24N4O2/c1-10(2)15(17-18-13(5)20-21-17)19-14(22)9-23-16-11(3)7-6-8-12(16)4/h6-8,10,15H,9H2,1-5H3,(H,19,22)(H,18,20,21). The smallest absolute Gasteiger partial charge is 0.258 e. The minimum Gasteiger partial charge on any atom is -0.483 e. The molecule has 0 aliphatic rings. The number of rotatable bonds is 6. The summed E-state index contributed by atoms with van der Waals surface area (Å²) in [5, 5.41) is 9.90. The molecule has 2 aromatic rings. The maximum Gasteiger partial charge on any atom is 0.258 e. The molecule has 2 rings (SSSR count). The minimum absolute atomic E-state index is 0.0294. The minimum atomic E-state index is -0.242. The van der Waals surface area contributed by atoms with Crippen molar-refractivity contribution in [3.63, 3.8) is 0 Å². The molecule has 23 heavy (non-hydrogen) atoms. The van der Waals surface area contributed by atoms with Crippen molar-refractivity contribution >= 4 is 5.91 Å². The number of H-pyrrole nitrogens is 1. The molecule has 2 N–H and O–H groups in total. The van der Waals surface area contributed by atoms with E-state index in [-0.39, 0.29) is 24.5 Å². The van der Waals surface area contributed by atoms with Gasteiger partial charge in [0.05, 0.1) is 6.04 Å².